The molecule has 8 heteroatoms. The van der Waals surface area contributed by atoms with Crippen molar-refractivity contribution in [1.82, 2.24) is 30.0 Å². The Kier molecular flexibility index (Phi) is 3.71. The van der Waals surface area contributed by atoms with Crippen LogP contribution in [0.3, 0.4) is 0 Å². The lowest BCUT2D eigenvalue weighted by Gasteiger charge is -2.30. The first-order valence-corrected chi connectivity index (χ1v) is 9.14. The van der Waals surface area contributed by atoms with Gasteiger partial charge < -0.3 is 4.90 Å². The van der Waals surface area contributed by atoms with Gasteiger partial charge in [-0.2, -0.15) is 9.61 Å². The minimum absolute atomic E-state index is 0.0108. The lowest BCUT2D eigenvalue weighted by molar-refractivity contribution is 0.472. The topological polar surface area (TPSA) is 72.1 Å². The highest BCUT2D eigenvalue weighted by molar-refractivity contribution is 7.13. The number of piperidine rings is 1. The smallest absolute Gasteiger partial charge is 0.208 e. The van der Waals surface area contributed by atoms with E-state index in [9.17, 15) is 0 Å². The Morgan fingerprint density at radius 2 is 1.88 bits per heavy atom. The number of hydrogen-bond acceptors (Lipinski definition) is 7. The molecule has 0 radical (unpaired) electrons. The van der Waals surface area contributed by atoms with Gasteiger partial charge in [-0.3, -0.25) is 0 Å². The molecule has 1 saturated heterocycles. The maximum Gasteiger partial charge on any atom is 0.208 e. The molecule has 0 N–H and O–H groups in total. The van der Waals surface area contributed by atoms with Crippen LogP contribution in [-0.4, -0.2) is 43.1 Å². The van der Waals surface area contributed by atoms with E-state index in [2.05, 4.69) is 46.1 Å². The first-order chi connectivity index (χ1) is 11.5. The second-order valence-electron chi connectivity index (χ2n) is 7.28. The van der Waals surface area contributed by atoms with Crippen LogP contribution in [0, 0.1) is 0 Å². The van der Waals surface area contributed by atoms with E-state index in [1.54, 1.807) is 16.8 Å². The van der Waals surface area contributed by atoms with Gasteiger partial charge in [0.2, 0.25) is 5.13 Å². The maximum absolute atomic E-state index is 4.81. The average molecular weight is 343 g/mol. The summed E-state index contributed by atoms with van der Waals surface area (Å²) in [6, 6.07) is 4.06. The van der Waals surface area contributed by atoms with Crippen molar-refractivity contribution in [3.8, 4) is 0 Å². The standard InChI is InChI=1S/C16H21N7S/c1-16(2,3)12-4-5-13-18-19-14(23(13)21-12)11-6-8-22(9-7-11)15-20-17-10-24-15/h4-5,10-11H,6-9H2,1-3H3. The van der Waals surface area contributed by atoms with Gasteiger partial charge in [0.05, 0.1) is 5.69 Å². The molecule has 4 rings (SSSR count). The molecule has 0 unspecified atom stereocenters. The second kappa shape index (κ2) is 5.77. The number of hydrogen-bond donors (Lipinski definition) is 0. The lowest BCUT2D eigenvalue weighted by Crippen LogP contribution is -2.33. The molecule has 1 aliphatic rings. The monoisotopic (exact) mass is 343 g/mol. The summed E-state index contributed by atoms with van der Waals surface area (Å²) >= 11 is 1.59. The molecule has 7 nitrogen and oxygen atoms in total. The summed E-state index contributed by atoms with van der Waals surface area (Å²) in [5.74, 6) is 1.36. The Hall–Kier alpha value is -2.09. The number of nitrogens with zero attached hydrogens (tertiary/aromatic N) is 7. The van der Waals surface area contributed by atoms with Crippen molar-refractivity contribution >= 4 is 22.1 Å². The van der Waals surface area contributed by atoms with Gasteiger partial charge >= 0.3 is 0 Å². The third-order valence-corrected chi connectivity index (χ3v) is 5.28. The Morgan fingerprint density at radius 1 is 1.08 bits per heavy atom. The van der Waals surface area contributed by atoms with Crippen molar-refractivity contribution in [3.05, 3.63) is 29.2 Å². The summed E-state index contributed by atoms with van der Waals surface area (Å²) < 4.78 is 1.94. The third-order valence-electron chi connectivity index (χ3n) is 4.53. The van der Waals surface area contributed by atoms with E-state index in [4.69, 9.17) is 5.10 Å². The summed E-state index contributed by atoms with van der Waals surface area (Å²) in [6.45, 7) is 8.45. The van der Waals surface area contributed by atoms with Crippen LogP contribution in [0.15, 0.2) is 17.6 Å². The van der Waals surface area contributed by atoms with Crippen molar-refractivity contribution in [2.45, 2.75) is 44.9 Å². The minimum atomic E-state index is 0.0108. The van der Waals surface area contributed by atoms with Crippen molar-refractivity contribution in [2.75, 3.05) is 18.0 Å². The van der Waals surface area contributed by atoms with Crippen LogP contribution in [0.2, 0.25) is 0 Å². The molecule has 0 bridgehead atoms. The zero-order chi connectivity index (χ0) is 16.7. The molecule has 0 atom stereocenters. The van der Waals surface area contributed by atoms with Crippen LogP contribution in [0.4, 0.5) is 5.13 Å². The van der Waals surface area contributed by atoms with E-state index in [0.29, 0.717) is 5.92 Å². The number of aromatic nitrogens is 6. The lowest BCUT2D eigenvalue weighted by atomic mass is 9.92. The molecule has 24 heavy (non-hydrogen) atoms. The van der Waals surface area contributed by atoms with E-state index in [1.165, 1.54) is 0 Å². The highest BCUT2D eigenvalue weighted by Crippen LogP contribution is 2.30. The zero-order valence-electron chi connectivity index (χ0n) is 14.2. The molecule has 3 aromatic rings. The number of fused-ring (bicyclic) bond motifs is 1. The predicted molar refractivity (Wildman–Crippen MR) is 93.6 cm³/mol. The molecule has 1 fully saturated rings. The summed E-state index contributed by atoms with van der Waals surface area (Å²) in [5, 5.41) is 22.6. The fourth-order valence-corrected chi connectivity index (χ4v) is 3.71. The summed E-state index contributed by atoms with van der Waals surface area (Å²) in [7, 11) is 0. The van der Waals surface area contributed by atoms with Crippen LogP contribution in [0.25, 0.3) is 5.65 Å². The van der Waals surface area contributed by atoms with Crippen LogP contribution >= 0.6 is 11.3 Å². The molecule has 0 spiro atoms. The summed E-state index contributed by atoms with van der Waals surface area (Å²) in [6.07, 6.45) is 2.06. The molecule has 4 heterocycles. The van der Waals surface area contributed by atoms with Crippen molar-refractivity contribution in [3.63, 3.8) is 0 Å². The Morgan fingerprint density at radius 3 is 2.54 bits per heavy atom. The molecule has 3 aromatic heterocycles. The largest absolute Gasteiger partial charge is 0.347 e. The predicted octanol–water partition coefficient (Wildman–Crippen LogP) is 2.66. The quantitative estimate of drug-likeness (QED) is 0.712. The third kappa shape index (κ3) is 2.75. The average Bonchev–Trinajstić information content (AvgIpc) is 3.23. The van der Waals surface area contributed by atoms with Crippen molar-refractivity contribution in [1.29, 1.82) is 0 Å². The fourth-order valence-electron chi connectivity index (χ4n) is 3.09. The van der Waals surface area contributed by atoms with E-state index >= 15 is 0 Å². The molecule has 0 amide bonds. The van der Waals surface area contributed by atoms with Crippen LogP contribution < -0.4 is 4.90 Å². The van der Waals surface area contributed by atoms with E-state index in [1.807, 2.05) is 16.6 Å². The van der Waals surface area contributed by atoms with E-state index in [-0.39, 0.29) is 5.41 Å². The van der Waals surface area contributed by atoms with Gasteiger partial charge in [0, 0.05) is 24.4 Å². The Labute approximate surface area is 144 Å². The van der Waals surface area contributed by atoms with Gasteiger partial charge in [-0.15, -0.1) is 20.4 Å². The van der Waals surface area contributed by atoms with Gasteiger partial charge in [0.25, 0.3) is 0 Å². The zero-order valence-corrected chi connectivity index (χ0v) is 15.0. The first kappa shape index (κ1) is 15.4. The van der Waals surface area contributed by atoms with Crippen LogP contribution in [-0.2, 0) is 5.41 Å². The Bertz CT molecular complexity index is 826. The molecular weight excluding hydrogens is 322 g/mol. The maximum atomic E-state index is 4.81. The molecule has 0 saturated carbocycles. The van der Waals surface area contributed by atoms with Gasteiger partial charge in [-0.05, 0) is 25.0 Å². The molecule has 126 valence electrons. The SMILES string of the molecule is CC(C)(C)c1ccc2nnc(C3CCN(c4nncs4)CC3)n2n1. The fraction of sp³-hybridized carbons (Fsp3) is 0.562. The minimum Gasteiger partial charge on any atom is -0.347 e. The molecule has 1 aliphatic heterocycles. The Balaban J connectivity index is 1.58. The number of anilines is 1. The summed E-state index contributed by atoms with van der Waals surface area (Å²) in [4.78, 5) is 2.30. The van der Waals surface area contributed by atoms with E-state index < -0.39 is 0 Å². The normalized spacial score (nSPS) is 16.9. The van der Waals surface area contributed by atoms with Crippen LogP contribution in [0.1, 0.15) is 51.0 Å². The summed E-state index contributed by atoms with van der Waals surface area (Å²) in [5.41, 5.74) is 3.68. The van der Waals surface area contributed by atoms with Gasteiger partial charge in [-0.25, -0.2) is 0 Å². The number of rotatable bonds is 2. The molecule has 0 aromatic carbocycles. The van der Waals surface area contributed by atoms with Gasteiger partial charge in [0.1, 0.15) is 5.51 Å². The first-order valence-electron chi connectivity index (χ1n) is 8.26. The highest BCUT2D eigenvalue weighted by atomic mass is 32.1. The molecule has 0 aliphatic carbocycles. The van der Waals surface area contributed by atoms with Gasteiger partial charge in [-0.1, -0.05) is 32.1 Å². The van der Waals surface area contributed by atoms with Crippen LogP contribution in [0.5, 0.6) is 0 Å². The molecular formula is C16H21N7S. The van der Waals surface area contributed by atoms with Gasteiger partial charge in [0.15, 0.2) is 11.5 Å². The highest BCUT2D eigenvalue weighted by Gasteiger charge is 2.27. The van der Waals surface area contributed by atoms with Crippen molar-refractivity contribution in [2.24, 2.45) is 0 Å². The van der Waals surface area contributed by atoms with E-state index in [0.717, 1.165) is 48.2 Å². The van der Waals surface area contributed by atoms with Crippen molar-refractivity contribution < 1.29 is 0 Å². The second-order valence-corrected chi connectivity index (χ2v) is 8.09.